The molecule has 0 aromatic rings. The third-order valence-corrected chi connectivity index (χ3v) is 4.00. The molecule has 2 aliphatic rings. The van der Waals surface area contributed by atoms with Gasteiger partial charge in [-0.2, -0.15) is 0 Å². The van der Waals surface area contributed by atoms with Gasteiger partial charge < -0.3 is 20.1 Å². The van der Waals surface area contributed by atoms with Crippen molar-refractivity contribution in [3.8, 4) is 0 Å². The number of rotatable bonds is 3. The van der Waals surface area contributed by atoms with Crippen LogP contribution in [0.3, 0.4) is 0 Å². The fourth-order valence-electron chi connectivity index (χ4n) is 2.53. The quantitative estimate of drug-likeness (QED) is 0.726. The molecular weight excluding hydrogens is 220 g/mol. The molecule has 1 saturated carbocycles. The summed E-state index contributed by atoms with van der Waals surface area (Å²) in [5, 5.41) is 6.21. The molecule has 5 nitrogen and oxygen atoms in total. The predicted molar refractivity (Wildman–Crippen MR) is 63.7 cm³/mol. The molecule has 2 N–H and O–H groups in total. The van der Waals surface area contributed by atoms with Gasteiger partial charge in [0.25, 0.3) is 5.91 Å². The van der Waals surface area contributed by atoms with E-state index in [2.05, 4.69) is 24.5 Å². The van der Waals surface area contributed by atoms with Crippen LogP contribution in [0.2, 0.25) is 0 Å². The maximum atomic E-state index is 12.0. The molecule has 1 aliphatic heterocycles. The van der Waals surface area contributed by atoms with Gasteiger partial charge in [-0.25, -0.2) is 0 Å². The Bertz CT molecular complexity index is 287. The average Bonchev–Trinajstić information content (AvgIpc) is 2.34. The van der Waals surface area contributed by atoms with E-state index in [1.807, 2.05) is 0 Å². The van der Waals surface area contributed by atoms with Crippen molar-refractivity contribution in [1.29, 1.82) is 0 Å². The van der Waals surface area contributed by atoms with E-state index < -0.39 is 0 Å². The molecule has 98 valence electrons. The largest absolute Gasteiger partial charge is 0.381 e. The first kappa shape index (κ1) is 12.8. The smallest absolute Gasteiger partial charge is 0.250 e. The van der Waals surface area contributed by atoms with Crippen LogP contribution < -0.4 is 10.6 Å². The van der Waals surface area contributed by atoms with E-state index in [0.717, 1.165) is 13.0 Å². The van der Waals surface area contributed by atoms with Crippen LogP contribution >= 0.6 is 0 Å². The lowest BCUT2D eigenvalue weighted by Crippen LogP contribution is -2.63. The molecule has 2 rings (SSSR count). The molecule has 2 fully saturated rings. The molecule has 1 aliphatic carbocycles. The Hall–Kier alpha value is -0.650. The van der Waals surface area contributed by atoms with E-state index in [0.29, 0.717) is 13.2 Å². The summed E-state index contributed by atoms with van der Waals surface area (Å²) in [5.74, 6) is -0.00942. The Morgan fingerprint density at radius 3 is 2.82 bits per heavy atom. The third-order valence-electron chi connectivity index (χ3n) is 4.00. The van der Waals surface area contributed by atoms with Crippen LogP contribution in [0.4, 0.5) is 0 Å². The van der Waals surface area contributed by atoms with Crippen LogP contribution in [0.25, 0.3) is 0 Å². The van der Waals surface area contributed by atoms with Crippen molar-refractivity contribution in [2.45, 2.75) is 38.5 Å². The Labute approximate surface area is 102 Å². The fraction of sp³-hybridized carbons (Fsp3) is 0.917. The normalized spacial score (nSPS) is 36.1. The Kier molecular flexibility index (Phi) is 3.70. The minimum Gasteiger partial charge on any atom is -0.381 e. The summed E-state index contributed by atoms with van der Waals surface area (Å²) in [5.41, 5.74) is 0.00645. The number of hydrogen-bond donors (Lipinski definition) is 2. The maximum absolute atomic E-state index is 12.0. The number of hydrogen-bond acceptors (Lipinski definition) is 4. The van der Waals surface area contributed by atoms with Gasteiger partial charge in [0.2, 0.25) is 0 Å². The number of amides is 1. The summed E-state index contributed by atoms with van der Waals surface area (Å²) in [6.45, 7) is 6.27. The van der Waals surface area contributed by atoms with Crippen molar-refractivity contribution in [3.05, 3.63) is 0 Å². The van der Waals surface area contributed by atoms with Gasteiger partial charge in [-0.15, -0.1) is 0 Å². The molecule has 1 amide bonds. The van der Waals surface area contributed by atoms with Crippen LogP contribution in [0.5, 0.6) is 0 Å². The van der Waals surface area contributed by atoms with Crippen molar-refractivity contribution in [1.82, 2.24) is 10.6 Å². The second-order valence-corrected chi connectivity index (χ2v) is 5.41. The Morgan fingerprint density at radius 2 is 2.29 bits per heavy atom. The average molecular weight is 242 g/mol. The minimum absolute atomic E-state index is 0.00645. The van der Waals surface area contributed by atoms with E-state index in [9.17, 15) is 4.79 Å². The van der Waals surface area contributed by atoms with Gasteiger partial charge in [0.1, 0.15) is 6.10 Å². The molecule has 5 heteroatoms. The molecular formula is C12H22N2O3. The summed E-state index contributed by atoms with van der Waals surface area (Å²) in [7, 11) is 1.72. The van der Waals surface area contributed by atoms with Crippen LogP contribution in [0.15, 0.2) is 0 Å². The topological polar surface area (TPSA) is 59.6 Å². The zero-order chi connectivity index (χ0) is 12.5. The molecule has 0 bridgehead atoms. The first-order valence-electron chi connectivity index (χ1n) is 6.21. The highest BCUT2D eigenvalue weighted by Gasteiger charge is 2.49. The lowest BCUT2D eigenvalue weighted by molar-refractivity contribution is -0.144. The van der Waals surface area contributed by atoms with Gasteiger partial charge in [-0.1, -0.05) is 13.8 Å². The number of ether oxygens (including phenoxy) is 2. The Morgan fingerprint density at radius 1 is 1.53 bits per heavy atom. The standard InChI is InChI=1S/C12H22N2O3/c1-12(2)9(6-10(12)16-3)14-11(15)8-7-13-4-5-17-8/h8-10,13H,4-7H2,1-3H3,(H,14,15). The second kappa shape index (κ2) is 4.92. The molecule has 1 saturated heterocycles. The van der Waals surface area contributed by atoms with Crippen LogP contribution in [0, 0.1) is 5.41 Å². The van der Waals surface area contributed by atoms with E-state index >= 15 is 0 Å². The molecule has 3 atom stereocenters. The van der Waals surface area contributed by atoms with Gasteiger partial charge in [-0.3, -0.25) is 4.79 Å². The molecule has 0 radical (unpaired) electrons. The monoisotopic (exact) mass is 242 g/mol. The first-order chi connectivity index (χ1) is 8.05. The van der Waals surface area contributed by atoms with Crippen LogP contribution in [0.1, 0.15) is 20.3 Å². The molecule has 3 unspecified atom stereocenters. The van der Waals surface area contributed by atoms with Crippen molar-refractivity contribution in [2.75, 3.05) is 26.8 Å². The Balaban J connectivity index is 1.83. The number of morpholine rings is 1. The zero-order valence-electron chi connectivity index (χ0n) is 10.8. The number of carbonyl (C=O) groups is 1. The summed E-state index contributed by atoms with van der Waals surface area (Å²) >= 11 is 0. The lowest BCUT2D eigenvalue weighted by Gasteiger charge is -2.51. The van der Waals surface area contributed by atoms with Crippen molar-refractivity contribution < 1.29 is 14.3 Å². The minimum atomic E-state index is -0.346. The van der Waals surface area contributed by atoms with Crippen LogP contribution in [-0.4, -0.2) is 51.0 Å². The zero-order valence-corrected chi connectivity index (χ0v) is 10.8. The highest BCUT2D eigenvalue weighted by molar-refractivity contribution is 5.81. The third kappa shape index (κ3) is 2.46. The van der Waals surface area contributed by atoms with Gasteiger partial charge >= 0.3 is 0 Å². The highest BCUT2D eigenvalue weighted by atomic mass is 16.5. The van der Waals surface area contributed by atoms with Gasteiger partial charge in [0.15, 0.2) is 0 Å². The van der Waals surface area contributed by atoms with Gasteiger partial charge in [0.05, 0.1) is 12.7 Å². The fourth-order valence-corrected chi connectivity index (χ4v) is 2.53. The van der Waals surface area contributed by atoms with E-state index in [4.69, 9.17) is 9.47 Å². The summed E-state index contributed by atoms with van der Waals surface area (Å²) in [6, 6.07) is 0.186. The lowest BCUT2D eigenvalue weighted by atomic mass is 9.64. The summed E-state index contributed by atoms with van der Waals surface area (Å²) < 4.78 is 10.8. The maximum Gasteiger partial charge on any atom is 0.250 e. The molecule has 1 heterocycles. The van der Waals surface area contributed by atoms with E-state index in [-0.39, 0.29) is 29.6 Å². The number of nitrogens with one attached hydrogen (secondary N) is 2. The number of methoxy groups -OCH3 is 1. The van der Waals surface area contributed by atoms with Gasteiger partial charge in [-0.05, 0) is 6.42 Å². The predicted octanol–water partition coefficient (Wildman–Crippen LogP) is -0.0955. The van der Waals surface area contributed by atoms with E-state index in [1.54, 1.807) is 7.11 Å². The van der Waals surface area contributed by atoms with Crippen LogP contribution in [-0.2, 0) is 14.3 Å². The summed E-state index contributed by atoms with van der Waals surface area (Å²) in [4.78, 5) is 12.0. The second-order valence-electron chi connectivity index (χ2n) is 5.41. The van der Waals surface area contributed by atoms with Crippen molar-refractivity contribution >= 4 is 5.91 Å². The molecule has 0 aromatic carbocycles. The number of carbonyl (C=O) groups excluding carboxylic acids is 1. The summed E-state index contributed by atoms with van der Waals surface area (Å²) in [6.07, 6.45) is 0.773. The van der Waals surface area contributed by atoms with Gasteiger partial charge in [0, 0.05) is 31.7 Å². The first-order valence-corrected chi connectivity index (χ1v) is 6.21. The van der Waals surface area contributed by atoms with E-state index in [1.165, 1.54) is 0 Å². The van der Waals surface area contributed by atoms with Crippen molar-refractivity contribution in [2.24, 2.45) is 5.41 Å². The SMILES string of the molecule is COC1CC(NC(=O)C2CNCCO2)C1(C)C. The molecule has 17 heavy (non-hydrogen) atoms. The molecule has 0 spiro atoms. The van der Waals surface area contributed by atoms with Crippen molar-refractivity contribution in [3.63, 3.8) is 0 Å². The highest BCUT2D eigenvalue weighted by Crippen LogP contribution is 2.42. The molecule has 0 aromatic heterocycles.